The minimum Gasteiger partial charge on any atom is -0.463 e. The molecule has 0 saturated carbocycles. The zero-order valence-corrected chi connectivity index (χ0v) is 18.1. The molecule has 166 valence electrons. The standard InChI is InChI=1S/C23H31N5O3/c1-18-3-2-4-19(13-18)15-24-16-21-14-22(28-7-11-29-12-8-28)27-23(26-21)31-10-6-20-5-9-30-17-25-20/h2-4,13-14,16,20,25H,5-12,15,17H2,1H3. The summed E-state index contributed by atoms with van der Waals surface area (Å²) in [6.07, 6.45) is 3.70. The van der Waals surface area contributed by atoms with Crippen molar-refractivity contribution in [3.8, 4) is 6.01 Å². The average Bonchev–Trinajstić information content (AvgIpc) is 2.80. The second-order valence-corrected chi connectivity index (χ2v) is 7.87. The molecule has 2 saturated heterocycles. The van der Waals surface area contributed by atoms with Crippen molar-refractivity contribution in [1.82, 2.24) is 15.3 Å². The van der Waals surface area contributed by atoms with Gasteiger partial charge in [0.2, 0.25) is 0 Å². The van der Waals surface area contributed by atoms with Crippen LogP contribution in [-0.4, -0.2) is 68.5 Å². The van der Waals surface area contributed by atoms with Crippen molar-refractivity contribution in [1.29, 1.82) is 0 Å². The molecule has 1 N–H and O–H groups in total. The quantitative estimate of drug-likeness (QED) is 0.650. The number of nitrogens with zero attached hydrogens (tertiary/aromatic N) is 4. The zero-order valence-electron chi connectivity index (χ0n) is 18.1. The normalized spacial score (nSPS) is 19.6. The van der Waals surface area contributed by atoms with Gasteiger partial charge in [0.1, 0.15) is 5.82 Å². The highest BCUT2D eigenvalue weighted by Gasteiger charge is 2.16. The first kappa shape index (κ1) is 21.7. The van der Waals surface area contributed by atoms with Crippen LogP contribution < -0.4 is 15.0 Å². The summed E-state index contributed by atoms with van der Waals surface area (Å²) in [4.78, 5) is 16.0. The van der Waals surface area contributed by atoms with Crippen LogP contribution in [-0.2, 0) is 16.0 Å². The minimum atomic E-state index is 0.396. The van der Waals surface area contributed by atoms with E-state index in [1.165, 1.54) is 11.1 Å². The fraction of sp³-hybridized carbons (Fsp3) is 0.522. The van der Waals surface area contributed by atoms with E-state index in [4.69, 9.17) is 14.2 Å². The Morgan fingerprint density at radius 1 is 1.19 bits per heavy atom. The molecule has 4 rings (SSSR count). The van der Waals surface area contributed by atoms with Gasteiger partial charge in [0.15, 0.2) is 0 Å². The monoisotopic (exact) mass is 425 g/mol. The number of aliphatic imine (C=N–C) groups is 1. The van der Waals surface area contributed by atoms with E-state index in [2.05, 4.69) is 56.4 Å². The maximum Gasteiger partial charge on any atom is 0.318 e. The summed E-state index contributed by atoms with van der Waals surface area (Å²) in [5, 5.41) is 3.34. The fourth-order valence-corrected chi connectivity index (χ4v) is 3.69. The molecule has 0 radical (unpaired) electrons. The average molecular weight is 426 g/mol. The Balaban J connectivity index is 1.43. The summed E-state index contributed by atoms with van der Waals surface area (Å²) >= 11 is 0. The molecule has 31 heavy (non-hydrogen) atoms. The van der Waals surface area contributed by atoms with Crippen LogP contribution >= 0.6 is 0 Å². The number of ether oxygens (including phenoxy) is 3. The smallest absolute Gasteiger partial charge is 0.318 e. The van der Waals surface area contributed by atoms with E-state index >= 15 is 0 Å². The van der Waals surface area contributed by atoms with E-state index in [0.29, 0.717) is 45.1 Å². The Morgan fingerprint density at radius 3 is 2.90 bits per heavy atom. The summed E-state index contributed by atoms with van der Waals surface area (Å²) in [7, 11) is 0. The summed E-state index contributed by atoms with van der Waals surface area (Å²) in [6.45, 7) is 7.68. The van der Waals surface area contributed by atoms with Crippen LogP contribution in [0.4, 0.5) is 5.82 Å². The summed E-state index contributed by atoms with van der Waals surface area (Å²) in [6, 6.07) is 11.2. The SMILES string of the molecule is Cc1cccc(CN=Cc2cc(N3CCOCC3)nc(OCCC3CCOCN3)n2)c1. The van der Waals surface area contributed by atoms with Crippen LogP contribution in [0.1, 0.15) is 29.7 Å². The van der Waals surface area contributed by atoms with E-state index in [9.17, 15) is 0 Å². The van der Waals surface area contributed by atoms with Crippen molar-refractivity contribution >= 4 is 12.0 Å². The second-order valence-electron chi connectivity index (χ2n) is 7.87. The Morgan fingerprint density at radius 2 is 2.10 bits per heavy atom. The molecule has 1 atom stereocenters. The van der Waals surface area contributed by atoms with Gasteiger partial charge in [-0.2, -0.15) is 9.97 Å². The molecule has 0 spiro atoms. The molecule has 0 aliphatic carbocycles. The summed E-state index contributed by atoms with van der Waals surface area (Å²) in [5.41, 5.74) is 3.17. The van der Waals surface area contributed by atoms with Gasteiger partial charge in [-0.3, -0.25) is 10.3 Å². The number of nitrogens with one attached hydrogen (secondary N) is 1. The van der Waals surface area contributed by atoms with Crippen molar-refractivity contribution in [3.05, 3.63) is 47.2 Å². The lowest BCUT2D eigenvalue weighted by atomic mass is 10.1. The first-order valence-corrected chi connectivity index (χ1v) is 11.0. The van der Waals surface area contributed by atoms with Gasteiger partial charge < -0.3 is 19.1 Å². The highest BCUT2D eigenvalue weighted by molar-refractivity contribution is 5.78. The Hall–Kier alpha value is -2.55. The topological polar surface area (TPSA) is 81.1 Å². The lowest BCUT2D eigenvalue weighted by Crippen LogP contribution is -2.38. The number of aromatic nitrogens is 2. The van der Waals surface area contributed by atoms with E-state index in [-0.39, 0.29) is 0 Å². The number of benzene rings is 1. The van der Waals surface area contributed by atoms with Crippen LogP contribution in [0, 0.1) is 6.92 Å². The van der Waals surface area contributed by atoms with Gasteiger partial charge in [-0.25, -0.2) is 0 Å². The number of aryl methyl sites for hydroxylation is 1. The Labute approximate surface area is 183 Å². The van der Waals surface area contributed by atoms with Crippen LogP contribution in [0.2, 0.25) is 0 Å². The second kappa shape index (κ2) is 11.2. The zero-order chi connectivity index (χ0) is 21.3. The molecule has 1 unspecified atom stereocenters. The molecule has 1 aromatic heterocycles. The van der Waals surface area contributed by atoms with Gasteiger partial charge in [0.25, 0.3) is 0 Å². The molecular formula is C23H31N5O3. The number of hydrogen-bond donors (Lipinski definition) is 1. The third kappa shape index (κ3) is 6.72. The van der Waals surface area contributed by atoms with Crippen LogP contribution in [0.15, 0.2) is 35.3 Å². The number of hydrogen-bond acceptors (Lipinski definition) is 8. The number of morpholine rings is 1. The molecule has 0 amide bonds. The Bertz CT molecular complexity index is 864. The Kier molecular flexibility index (Phi) is 7.81. The van der Waals surface area contributed by atoms with Crippen molar-refractivity contribution in [2.45, 2.75) is 32.4 Å². The van der Waals surface area contributed by atoms with Crippen LogP contribution in [0.25, 0.3) is 0 Å². The summed E-state index contributed by atoms with van der Waals surface area (Å²) < 4.78 is 16.7. The van der Waals surface area contributed by atoms with Gasteiger partial charge in [-0.1, -0.05) is 29.8 Å². The first-order chi connectivity index (χ1) is 15.3. The predicted molar refractivity (Wildman–Crippen MR) is 120 cm³/mol. The van der Waals surface area contributed by atoms with Crippen molar-refractivity contribution in [2.75, 3.05) is 51.1 Å². The molecule has 2 aliphatic rings. The van der Waals surface area contributed by atoms with Crippen LogP contribution in [0.3, 0.4) is 0 Å². The van der Waals surface area contributed by atoms with Gasteiger partial charge in [0, 0.05) is 38.0 Å². The molecule has 8 nitrogen and oxygen atoms in total. The fourth-order valence-electron chi connectivity index (χ4n) is 3.69. The largest absolute Gasteiger partial charge is 0.463 e. The van der Waals surface area contributed by atoms with E-state index in [1.54, 1.807) is 6.21 Å². The predicted octanol–water partition coefficient (Wildman–Crippen LogP) is 2.35. The van der Waals surface area contributed by atoms with Gasteiger partial charge in [0.05, 0.1) is 38.8 Å². The molecule has 8 heteroatoms. The highest BCUT2D eigenvalue weighted by Crippen LogP contribution is 2.18. The van der Waals surface area contributed by atoms with E-state index in [0.717, 1.165) is 44.0 Å². The molecule has 0 bridgehead atoms. The lowest BCUT2D eigenvalue weighted by Gasteiger charge is -2.28. The molecule has 1 aromatic carbocycles. The molecule has 2 fully saturated rings. The number of anilines is 1. The maximum absolute atomic E-state index is 5.94. The lowest BCUT2D eigenvalue weighted by molar-refractivity contribution is 0.0556. The van der Waals surface area contributed by atoms with Gasteiger partial charge in [-0.05, 0) is 25.3 Å². The van der Waals surface area contributed by atoms with Crippen LogP contribution in [0.5, 0.6) is 6.01 Å². The summed E-state index contributed by atoms with van der Waals surface area (Å²) in [5.74, 6) is 0.856. The molecule has 3 heterocycles. The first-order valence-electron chi connectivity index (χ1n) is 11.0. The van der Waals surface area contributed by atoms with Gasteiger partial charge >= 0.3 is 6.01 Å². The van der Waals surface area contributed by atoms with Crippen molar-refractivity contribution in [2.24, 2.45) is 4.99 Å². The van der Waals surface area contributed by atoms with Crippen molar-refractivity contribution in [3.63, 3.8) is 0 Å². The van der Waals surface area contributed by atoms with E-state index < -0.39 is 0 Å². The highest BCUT2D eigenvalue weighted by atomic mass is 16.5. The maximum atomic E-state index is 5.94. The minimum absolute atomic E-state index is 0.396. The molecule has 2 aliphatic heterocycles. The third-order valence-electron chi connectivity index (χ3n) is 5.41. The third-order valence-corrected chi connectivity index (χ3v) is 5.41. The van der Waals surface area contributed by atoms with Crippen molar-refractivity contribution < 1.29 is 14.2 Å². The molecular weight excluding hydrogens is 394 g/mol. The molecule has 2 aromatic rings. The van der Waals surface area contributed by atoms with Gasteiger partial charge in [-0.15, -0.1) is 0 Å². The number of rotatable bonds is 8. The van der Waals surface area contributed by atoms with E-state index in [1.807, 2.05) is 6.07 Å².